The van der Waals surface area contributed by atoms with Gasteiger partial charge in [0.1, 0.15) is 11.6 Å². The molecular formula is C12H18ClFN2O2. The number of benzene rings is 1. The zero-order valence-corrected chi connectivity index (χ0v) is 11.3. The number of carbonyl (C=O) groups excluding carboxylic acids is 1. The molecule has 1 aromatic carbocycles. The first-order valence-electron chi connectivity index (χ1n) is 5.51. The van der Waals surface area contributed by atoms with E-state index in [0.717, 1.165) is 6.54 Å². The number of hydrogen-bond donors (Lipinski definition) is 2. The lowest BCUT2D eigenvalue weighted by Gasteiger charge is -2.09. The fourth-order valence-electron chi connectivity index (χ4n) is 1.39. The lowest BCUT2D eigenvalue weighted by molar-refractivity contribution is 0.0950. The van der Waals surface area contributed by atoms with Gasteiger partial charge in [0, 0.05) is 13.1 Å². The van der Waals surface area contributed by atoms with Crippen LogP contribution in [-0.4, -0.2) is 32.7 Å². The van der Waals surface area contributed by atoms with Crippen LogP contribution in [0.15, 0.2) is 18.2 Å². The Bertz CT molecular complexity index is 388. The normalized spacial score (nSPS) is 9.50. The molecule has 0 unspecified atom stereocenters. The van der Waals surface area contributed by atoms with Gasteiger partial charge in [-0.25, -0.2) is 4.39 Å². The molecule has 0 aliphatic carbocycles. The van der Waals surface area contributed by atoms with E-state index in [9.17, 15) is 9.18 Å². The standard InChI is InChI=1S/C12H17FN2O2.ClH/c1-3-14-6-7-15-12(16)10-8-9(13)4-5-11(10)17-2;/h4-5,8,14H,3,6-7H2,1-2H3,(H,15,16);1H. The van der Waals surface area contributed by atoms with Crippen LogP contribution < -0.4 is 15.4 Å². The quantitative estimate of drug-likeness (QED) is 0.776. The van der Waals surface area contributed by atoms with E-state index >= 15 is 0 Å². The summed E-state index contributed by atoms with van der Waals surface area (Å²) in [6, 6.07) is 3.87. The second kappa shape index (κ2) is 8.72. The van der Waals surface area contributed by atoms with Crippen molar-refractivity contribution in [2.75, 3.05) is 26.7 Å². The number of methoxy groups -OCH3 is 1. The number of halogens is 2. The third-order valence-electron chi connectivity index (χ3n) is 2.24. The zero-order valence-electron chi connectivity index (χ0n) is 10.5. The van der Waals surface area contributed by atoms with E-state index < -0.39 is 5.82 Å². The number of nitrogens with one attached hydrogen (secondary N) is 2. The van der Waals surface area contributed by atoms with Gasteiger partial charge < -0.3 is 15.4 Å². The third kappa shape index (κ3) is 4.89. The van der Waals surface area contributed by atoms with Gasteiger partial charge in [0.15, 0.2) is 0 Å². The van der Waals surface area contributed by atoms with Gasteiger partial charge >= 0.3 is 0 Å². The highest BCUT2D eigenvalue weighted by Gasteiger charge is 2.12. The molecule has 1 rings (SSSR count). The van der Waals surface area contributed by atoms with Crippen LogP contribution in [0.4, 0.5) is 4.39 Å². The average molecular weight is 277 g/mol. The highest BCUT2D eigenvalue weighted by atomic mass is 35.5. The first-order chi connectivity index (χ1) is 8.19. The molecule has 2 N–H and O–H groups in total. The Morgan fingerprint density at radius 2 is 2.11 bits per heavy atom. The van der Waals surface area contributed by atoms with Crippen LogP contribution >= 0.6 is 12.4 Å². The summed E-state index contributed by atoms with van der Waals surface area (Å²) in [5, 5.41) is 5.76. The summed E-state index contributed by atoms with van der Waals surface area (Å²) in [5.74, 6) is -0.422. The molecule has 0 aliphatic heterocycles. The number of carbonyl (C=O) groups is 1. The maximum atomic E-state index is 13.0. The van der Waals surface area contributed by atoms with Crippen molar-refractivity contribution in [1.82, 2.24) is 10.6 Å². The van der Waals surface area contributed by atoms with Crippen molar-refractivity contribution in [3.05, 3.63) is 29.6 Å². The van der Waals surface area contributed by atoms with E-state index in [-0.39, 0.29) is 23.9 Å². The fourth-order valence-corrected chi connectivity index (χ4v) is 1.39. The van der Waals surface area contributed by atoms with Crippen LogP contribution in [0.1, 0.15) is 17.3 Å². The summed E-state index contributed by atoms with van der Waals surface area (Å²) in [5.41, 5.74) is 0.212. The molecule has 0 radical (unpaired) electrons. The van der Waals surface area contributed by atoms with Crippen LogP contribution in [0, 0.1) is 5.82 Å². The fraction of sp³-hybridized carbons (Fsp3) is 0.417. The zero-order chi connectivity index (χ0) is 12.7. The van der Waals surface area contributed by atoms with Crippen LogP contribution in [0.25, 0.3) is 0 Å². The average Bonchev–Trinajstić information content (AvgIpc) is 2.34. The first-order valence-corrected chi connectivity index (χ1v) is 5.51. The van der Waals surface area contributed by atoms with E-state index in [4.69, 9.17) is 4.74 Å². The van der Waals surface area contributed by atoms with Crippen molar-refractivity contribution in [2.24, 2.45) is 0 Å². The van der Waals surface area contributed by atoms with E-state index in [1.807, 2.05) is 6.92 Å². The molecular weight excluding hydrogens is 259 g/mol. The monoisotopic (exact) mass is 276 g/mol. The summed E-state index contributed by atoms with van der Waals surface area (Å²) in [6.45, 7) is 4.00. The van der Waals surface area contributed by atoms with Crippen molar-refractivity contribution >= 4 is 18.3 Å². The Kier molecular flexibility index (Phi) is 8.07. The van der Waals surface area contributed by atoms with Gasteiger partial charge in [-0.2, -0.15) is 0 Å². The topological polar surface area (TPSA) is 50.4 Å². The van der Waals surface area contributed by atoms with Crippen molar-refractivity contribution < 1.29 is 13.9 Å². The van der Waals surface area contributed by atoms with E-state index in [1.165, 1.54) is 25.3 Å². The number of rotatable bonds is 6. The summed E-state index contributed by atoms with van der Waals surface area (Å²) in [6.07, 6.45) is 0. The summed E-state index contributed by atoms with van der Waals surface area (Å²) in [7, 11) is 1.45. The van der Waals surface area contributed by atoms with E-state index in [0.29, 0.717) is 18.8 Å². The van der Waals surface area contributed by atoms with Crippen LogP contribution in [0.2, 0.25) is 0 Å². The smallest absolute Gasteiger partial charge is 0.255 e. The van der Waals surface area contributed by atoms with Crippen LogP contribution in [0.5, 0.6) is 5.75 Å². The minimum Gasteiger partial charge on any atom is -0.496 e. The van der Waals surface area contributed by atoms with Crippen molar-refractivity contribution in [3.63, 3.8) is 0 Å². The molecule has 18 heavy (non-hydrogen) atoms. The number of amides is 1. The van der Waals surface area contributed by atoms with Gasteiger partial charge in [0.2, 0.25) is 0 Å². The predicted octanol–water partition coefficient (Wildman–Crippen LogP) is 1.60. The highest BCUT2D eigenvalue weighted by Crippen LogP contribution is 2.18. The second-order valence-electron chi connectivity index (χ2n) is 3.45. The highest BCUT2D eigenvalue weighted by molar-refractivity contribution is 5.96. The Morgan fingerprint density at radius 3 is 2.72 bits per heavy atom. The van der Waals surface area contributed by atoms with Gasteiger partial charge in [0.05, 0.1) is 12.7 Å². The summed E-state index contributed by atoms with van der Waals surface area (Å²) in [4.78, 5) is 11.8. The maximum absolute atomic E-state index is 13.0. The molecule has 4 nitrogen and oxygen atoms in total. The molecule has 0 saturated carbocycles. The van der Waals surface area contributed by atoms with Gasteiger partial charge in [-0.1, -0.05) is 6.92 Å². The largest absolute Gasteiger partial charge is 0.496 e. The van der Waals surface area contributed by atoms with Gasteiger partial charge in [0.25, 0.3) is 5.91 Å². The first kappa shape index (κ1) is 16.7. The predicted molar refractivity (Wildman–Crippen MR) is 71.1 cm³/mol. The molecule has 0 atom stereocenters. The molecule has 0 spiro atoms. The van der Waals surface area contributed by atoms with Crippen molar-refractivity contribution in [2.45, 2.75) is 6.92 Å². The van der Waals surface area contributed by atoms with E-state index in [1.54, 1.807) is 0 Å². The molecule has 102 valence electrons. The molecule has 1 amide bonds. The molecule has 0 saturated heterocycles. The van der Waals surface area contributed by atoms with Crippen molar-refractivity contribution in [3.8, 4) is 5.75 Å². The summed E-state index contributed by atoms with van der Waals surface area (Å²) >= 11 is 0. The Labute approximate surface area is 112 Å². The number of hydrogen-bond acceptors (Lipinski definition) is 3. The van der Waals surface area contributed by atoms with Gasteiger partial charge in [-0.05, 0) is 24.7 Å². The molecule has 1 aromatic rings. The Balaban J connectivity index is 0.00000289. The van der Waals surface area contributed by atoms with Crippen molar-refractivity contribution in [1.29, 1.82) is 0 Å². The lowest BCUT2D eigenvalue weighted by atomic mass is 10.2. The van der Waals surface area contributed by atoms with E-state index in [2.05, 4.69) is 10.6 Å². The molecule has 0 heterocycles. The minimum absolute atomic E-state index is 0. The third-order valence-corrected chi connectivity index (χ3v) is 2.24. The SMILES string of the molecule is CCNCCNC(=O)c1cc(F)ccc1OC.Cl. The lowest BCUT2D eigenvalue weighted by Crippen LogP contribution is -2.32. The van der Waals surface area contributed by atoms with Gasteiger partial charge in [-0.3, -0.25) is 4.79 Å². The molecule has 0 aromatic heterocycles. The second-order valence-corrected chi connectivity index (χ2v) is 3.45. The Morgan fingerprint density at radius 1 is 1.39 bits per heavy atom. The number of likely N-dealkylation sites (N-methyl/N-ethyl adjacent to an activating group) is 1. The molecule has 0 aliphatic rings. The Hall–Kier alpha value is -1.33. The van der Waals surface area contributed by atoms with Crippen LogP contribution in [0.3, 0.4) is 0 Å². The maximum Gasteiger partial charge on any atom is 0.255 e. The van der Waals surface area contributed by atoms with Crippen LogP contribution in [-0.2, 0) is 0 Å². The van der Waals surface area contributed by atoms with Gasteiger partial charge in [-0.15, -0.1) is 12.4 Å². The number of ether oxygens (including phenoxy) is 1. The molecule has 0 fully saturated rings. The molecule has 0 bridgehead atoms. The molecule has 6 heteroatoms. The minimum atomic E-state index is -0.456. The summed E-state index contributed by atoms with van der Waals surface area (Å²) < 4.78 is 18.0.